The molecule has 0 spiro atoms. The molecule has 1 amide bonds. The van der Waals surface area contributed by atoms with Crippen molar-refractivity contribution in [2.45, 2.75) is 76.9 Å². The Morgan fingerprint density at radius 1 is 1.18 bits per heavy atom. The zero-order valence-corrected chi connectivity index (χ0v) is 11.5. The number of nitrogens with zero attached hydrogens (tertiary/aromatic N) is 1. The molecule has 0 aromatic heterocycles. The summed E-state index contributed by atoms with van der Waals surface area (Å²) in [7, 11) is 0. The standard InChI is InChI=1S/C14H26N2O/c1-4-14(5-2,6-3)16-10-9-12(13(16)17)15-11-7-8-11/h11-12,15H,4-10H2,1-3H3. The van der Waals surface area contributed by atoms with Crippen molar-refractivity contribution in [3.05, 3.63) is 0 Å². The van der Waals surface area contributed by atoms with Crippen molar-refractivity contribution >= 4 is 5.91 Å². The quantitative estimate of drug-likeness (QED) is 0.770. The smallest absolute Gasteiger partial charge is 0.240 e. The highest BCUT2D eigenvalue weighted by atomic mass is 16.2. The van der Waals surface area contributed by atoms with Gasteiger partial charge in [-0.25, -0.2) is 0 Å². The summed E-state index contributed by atoms with van der Waals surface area (Å²) in [6.07, 6.45) is 6.72. The average Bonchev–Trinajstić information content (AvgIpc) is 3.10. The normalized spacial score (nSPS) is 25.7. The Hall–Kier alpha value is -0.570. The molecule has 3 heteroatoms. The van der Waals surface area contributed by atoms with Crippen LogP contribution in [-0.2, 0) is 4.79 Å². The number of amides is 1. The van der Waals surface area contributed by atoms with Crippen LogP contribution in [0.25, 0.3) is 0 Å². The summed E-state index contributed by atoms with van der Waals surface area (Å²) >= 11 is 0. The van der Waals surface area contributed by atoms with E-state index in [9.17, 15) is 4.79 Å². The molecule has 0 aromatic rings. The van der Waals surface area contributed by atoms with Gasteiger partial charge < -0.3 is 10.2 Å². The lowest BCUT2D eigenvalue weighted by Gasteiger charge is -2.40. The topological polar surface area (TPSA) is 32.3 Å². The number of likely N-dealkylation sites (tertiary alicyclic amines) is 1. The van der Waals surface area contributed by atoms with E-state index in [0.29, 0.717) is 11.9 Å². The highest BCUT2D eigenvalue weighted by molar-refractivity contribution is 5.84. The Morgan fingerprint density at radius 3 is 2.24 bits per heavy atom. The molecule has 3 nitrogen and oxygen atoms in total. The van der Waals surface area contributed by atoms with Crippen LogP contribution < -0.4 is 5.32 Å². The van der Waals surface area contributed by atoms with Crippen LogP contribution in [0.1, 0.15) is 59.3 Å². The molecule has 1 saturated carbocycles. The minimum absolute atomic E-state index is 0.103. The second-order valence-electron chi connectivity index (χ2n) is 5.56. The van der Waals surface area contributed by atoms with E-state index in [1.807, 2.05) is 0 Å². The number of hydrogen-bond donors (Lipinski definition) is 1. The van der Waals surface area contributed by atoms with Gasteiger partial charge in [-0.05, 0) is 38.5 Å². The van der Waals surface area contributed by atoms with E-state index in [-0.39, 0.29) is 11.6 Å². The first-order chi connectivity index (χ1) is 8.16. The van der Waals surface area contributed by atoms with E-state index < -0.39 is 0 Å². The molecule has 1 N–H and O–H groups in total. The lowest BCUT2D eigenvalue weighted by atomic mass is 9.88. The molecular formula is C14H26N2O. The molecule has 2 fully saturated rings. The van der Waals surface area contributed by atoms with E-state index in [4.69, 9.17) is 0 Å². The largest absolute Gasteiger partial charge is 0.336 e. The Morgan fingerprint density at radius 2 is 1.76 bits per heavy atom. The Bertz CT molecular complexity index is 274. The molecule has 1 unspecified atom stereocenters. The van der Waals surface area contributed by atoms with Gasteiger partial charge in [0.05, 0.1) is 6.04 Å². The molecule has 2 rings (SSSR count). The first-order valence-corrected chi connectivity index (χ1v) is 7.24. The van der Waals surface area contributed by atoms with Gasteiger partial charge in [-0.3, -0.25) is 4.79 Å². The van der Waals surface area contributed by atoms with Gasteiger partial charge in [0, 0.05) is 18.1 Å². The molecule has 1 aliphatic heterocycles. The van der Waals surface area contributed by atoms with Crippen molar-refractivity contribution in [1.29, 1.82) is 0 Å². The number of nitrogens with one attached hydrogen (secondary N) is 1. The van der Waals surface area contributed by atoms with Crippen molar-refractivity contribution in [2.75, 3.05) is 6.54 Å². The van der Waals surface area contributed by atoms with Crippen molar-refractivity contribution < 1.29 is 4.79 Å². The second-order valence-corrected chi connectivity index (χ2v) is 5.56. The van der Waals surface area contributed by atoms with Crippen molar-refractivity contribution in [3.8, 4) is 0 Å². The molecule has 0 radical (unpaired) electrons. The zero-order chi connectivity index (χ0) is 12.5. The minimum Gasteiger partial charge on any atom is -0.336 e. The van der Waals surface area contributed by atoms with Crippen LogP contribution in [0.5, 0.6) is 0 Å². The maximum Gasteiger partial charge on any atom is 0.240 e. The summed E-state index contributed by atoms with van der Waals surface area (Å²) in [6, 6.07) is 0.731. The van der Waals surface area contributed by atoms with Crippen LogP contribution in [0.2, 0.25) is 0 Å². The van der Waals surface area contributed by atoms with E-state index in [1.54, 1.807) is 0 Å². The van der Waals surface area contributed by atoms with Crippen LogP contribution in [0.3, 0.4) is 0 Å². The van der Waals surface area contributed by atoms with Gasteiger partial charge in [0.1, 0.15) is 0 Å². The number of hydrogen-bond acceptors (Lipinski definition) is 2. The molecule has 0 aromatic carbocycles. The number of carbonyl (C=O) groups excluding carboxylic acids is 1. The predicted octanol–water partition coefficient (Wildman–Crippen LogP) is 2.31. The first-order valence-electron chi connectivity index (χ1n) is 7.24. The van der Waals surface area contributed by atoms with Gasteiger partial charge in [0.2, 0.25) is 5.91 Å². The van der Waals surface area contributed by atoms with Gasteiger partial charge in [0.25, 0.3) is 0 Å². The number of rotatable bonds is 6. The average molecular weight is 238 g/mol. The van der Waals surface area contributed by atoms with Gasteiger partial charge in [-0.1, -0.05) is 20.8 Å². The van der Waals surface area contributed by atoms with Gasteiger partial charge in [0.15, 0.2) is 0 Å². The van der Waals surface area contributed by atoms with E-state index >= 15 is 0 Å². The molecule has 1 atom stereocenters. The highest BCUT2D eigenvalue weighted by Crippen LogP contribution is 2.33. The Kier molecular flexibility index (Phi) is 3.76. The van der Waals surface area contributed by atoms with E-state index in [0.717, 1.165) is 32.2 Å². The van der Waals surface area contributed by atoms with Crippen molar-refractivity contribution in [3.63, 3.8) is 0 Å². The lowest BCUT2D eigenvalue weighted by molar-refractivity contribution is -0.135. The maximum atomic E-state index is 12.5. The summed E-state index contributed by atoms with van der Waals surface area (Å²) in [6.45, 7) is 7.57. The highest BCUT2D eigenvalue weighted by Gasteiger charge is 2.43. The fourth-order valence-corrected chi connectivity index (χ4v) is 3.16. The maximum absolute atomic E-state index is 12.5. The van der Waals surface area contributed by atoms with Gasteiger partial charge in [-0.2, -0.15) is 0 Å². The Balaban J connectivity index is 2.03. The predicted molar refractivity (Wildman–Crippen MR) is 69.9 cm³/mol. The third-order valence-electron chi connectivity index (χ3n) is 4.77. The monoisotopic (exact) mass is 238 g/mol. The molecule has 0 bridgehead atoms. The fraction of sp³-hybridized carbons (Fsp3) is 0.929. The lowest BCUT2D eigenvalue weighted by Crippen LogP contribution is -2.51. The summed E-state index contributed by atoms with van der Waals surface area (Å²) < 4.78 is 0. The van der Waals surface area contributed by atoms with Crippen LogP contribution in [-0.4, -0.2) is 35.0 Å². The van der Waals surface area contributed by atoms with E-state index in [1.165, 1.54) is 12.8 Å². The third kappa shape index (κ3) is 2.35. The van der Waals surface area contributed by atoms with Crippen LogP contribution in [0.15, 0.2) is 0 Å². The van der Waals surface area contributed by atoms with E-state index in [2.05, 4.69) is 31.0 Å². The third-order valence-corrected chi connectivity index (χ3v) is 4.77. The zero-order valence-electron chi connectivity index (χ0n) is 11.5. The minimum atomic E-state index is 0.103. The van der Waals surface area contributed by atoms with Gasteiger partial charge >= 0.3 is 0 Å². The molecule has 2 aliphatic rings. The van der Waals surface area contributed by atoms with Gasteiger partial charge in [-0.15, -0.1) is 0 Å². The SMILES string of the molecule is CCC(CC)(CC)N1CCC(NC2CC2)C1=O. The number of carbonyl (C=O) groups is 1. The second kappa shape index (κ2) is 4.97. The van der Waals surface area contributed by atoms with Crippen LogP contribution in [0, 0.1) is 0 Å². The molecule has 98 valence electrons. The molecule has 1 saturated heterocycles. The molecule has 1 heterocycles. The van der Waals surface area contributed by atoms with Crippen molar-refractivity contribution in [1.82, 2.24) is 10.2 Å². The summed E-state index contributed by atoms with van der Waals surface area (Å²) in [5, 5.41) is 3.49. The van der Waals surface area contributed by atoms with Crippen molar-refractivity contribution in [2.24, 2.45) is 0 Å². The van der Waals surface area contributed by atoms with Crippen LogP contribution in [0.4, 0.5) is 0 Å². The fourth-order valence-electron chi connectivity index (χ4n) is 3.16. The molecule has 17 heavy (non-hydrogen) atoms. The van der Waals surface area contributed by atoms with Crippen LogP contribution >= 0.6 is 0 Å². The summed E-state index contributed by atoms with van der Waals surface area (Å²) in [4.78, 5) is 14.6. The first kappa shape index (κ1) is 12.9. The molecule has 1 aliphatic carbocycles. The summed E-state index contributed by atoms with van der Waals surface area (Å²) in [5.74, 6) is 0.349. The Labute approximate surface area is 105 Å². The summed E-state index contributed by atoms with van der Waals surface area (Å²) in [5.41, 5.74) is 0.108. The molecular weight excluding hydrogens is 212 g/mol.